The number of benzene rings is 1. The Morgan fingerprint density at radius 1 is 1.31 bits per heavy atom. The standard InChI is InChI=1S/C18H22ClN3OS.2ClH/c1-11-15(17(23)22-9-8-14(20)18(2,3)10-22)24-16(21-11)12-4-6-13(19)7-5-12;;/h4-7,14H,8-10,20H2,1-3H3;2*1H. The minimum atomic E-state index is -0.0640. The molecule has 2 aromatic rings. The highest BCUT2D eigenvalue weighted by Gasteiger charge is 2.36. The molecule has 0 spiro atoms. The largest absolute Gasteiger partial charge is 0.337 e. The third kappa shape index (κ3) is 4.70. The van der Waals surface area contributed by atoms with Crippen molar-refractivity contribution < 1.29 is 4.79 Å². The van der Waals surface area contributed by atoms with E-state index in [0.29, 0.717) is 23.0 Å². The van der Waals surface area contributed by atoms with Gasteiger partial charge in [0.25, 0.3) is 5.91 Å². The smallest absolute Gasteiger partial charge is 0.265 e. The number of halogens is 3. The van der Waals surface area contributed by atoms with Gasteiger partial charge in [0, 0.05) is 29.7 Å². The molecule has 3 rings (SSSR count). The monoisotopic (exact) mass is 435 g/mol. The number of thiazole rings is 1. The summed E-state index contributed by atoms with van der Waals surface area (Å²) in [5.41, 5.74) is 7.87. The highest BCUT2D eigenvalue weighted by molar-refractivity contribution is 7.17. The highest BCUT2D eigenvalue weighted by atomic mass is 35.5. The Morgan fingerprint density at radius 2 is 1.92 bits per heavy atom. The number of nitrogens with two attached hydrogens (primary N) is 1. The number of aromatic nitrogens is 1. The van der Waals surface area contributed by atoms with E-state index in [1.165, 1.54) is 11.3 Å². The number of aryl methyl sites for hydroxylation is 1. The second-order valence-corrected chi connectivity index (χ2v) is 8.49. The van der Waals surface area contributed by atoms with Crippen LogP contribution in [0.4, 0.5) is 0 Å². The molecule has 1 unspecified atom stereocenters. The van der Waals surface area contributed by atoms with Gasteiger partial charge >= 0.3 is 0 Å². The molecule has 1 fully saturated rings. The lowest BCUT2D eigenvalue weighted by Crippen LogP contribution is -2.53. The van der Waals surface area contributed by atoms with Gasteiger partial charge in [0.15, 0.2) is 0 Å². The number of carbonyl (C=O) groups excluding carboxylic acids is 1. The van der Waals surface area contributed by atoms with Crippen LogP contribution in [0, 0.1) is 12.3 Å². The van der Waals surface area contributed by atoms with E-state index in [1.54, 1.807) is 0 Å². The van der Waals surface area contributed by atoms with Crippen LogP contribution in [0.3, 0.4) is 0 Å². The summed E-state index contributed by atoms with van der Waals surface area (Å²) in [7, 11) is 0. The summed E-state index contributed by atoms with van der Waals surface area (Å²) in [6.07, 6.45) is 0.834. The fourth-order valence-electron chi connectivity index (χ4n) is 3.00. The topological polar surface area (TPSA) is 59.2 Å². The van der Waals surface area contributed by atoms with Crippen LogP contribution >= 0.6 is 47.8 Å². The fraction of sp³-hybridized carbons (Fsp3) is 0.444. The summed E-state index contributed by atoms with van der Waals surface area (Å²) in [5.74, 6) is 0.0604. The van der Waals surface area contributed by atoms with E-state index in [0.717, 1.165) is 22.7 Å². The predicted molar refractivity (Wildman–Crippen MR) is 114 cm³/mol. The summed E-state index contributed by atoms with van der Waals surface area (Å²) in [6.45, 7) is 7.52. The van der Waals surface area contributed by atoms with Crippen molar-refractivity contribution in [1.82, 2.24) is 9.88 Å². The summed E-state index contributed by atoms with van der Waals surface area (Å²) in [6, 6.07) is 7.66. The molecule has 1 atom stereocenters. The number of carbonyl (C=O) groups is 1. The minimum absolute atomic E-state index is 0. The molecule has 2 N–H and O–H groups in total. The van der Waals surface area contributed by atoms with Crippen LogP contribution < -0.4 is 5.73 Å². The van der Waals surface area contributed by atoms with Crippen LogP contribution in [0.2, 0.25) is 5.02 Å². The van der Waals surface area contributed by atoms with E-state index >= 15 is 0 Å². The lowest BCUT2D eigenvalue weighted by molar-refractivity contribution is 0.0536. The molecule has 1 aromatic heterocycles. The lowest BCUT2D eigenvalue weighted by Gasteiger charge is -2.42. The zero-order valence-electron chi connectivity index (χ0n) is 15.0. The third-order valence-corrected chi connectivity index (χ3v) is 6.13. The molecule has 8 heteroatoms. The van der Waals surface area contributed by atoms with E-state index < -0.39 is 0 Å². The molecule has 1 saturated heterocycles. The molecule has 1 aromatic carbocycles. The van der Waals surface area contributed by atoms with Gasteiger partial charge in [-0.1, -0.05) is 37.6 Å². The minimum Gasteiger partial charge on any atom is -0.337 e. The van der Waals surface area contributed by atoms with Gasteiger partial charge in [-0.15, -0.1) is 36.2 Å². The number of hydrogen-bond acceptors (Lipinski definition) is 4. The summed E-state index contributed by atoms with van der Waals surface area (Å²) < 4.78 is 0. The average molecular weight is 437 g/mol. The van der Waals surface area contributed by atoms with Crippen molar-refractivity contribution in [3.8, 4) is 10.6 Å². The first kappa shape index (κ1) is 23.2. The zero-order valence-corrected chi connectivity index (χ0v) is 18.2. The van der Waals surface area contributed by atoms with Crippen molar-refractivity contribution in [2.45, 2.75) is 33.2 Å². The first-order chi connectivity index (χ1) is 11.3. The van der Waals surface area contributed by atoms with Gasteiger partial charge in [0.1, 0.15) is 9.88 Å². The maximum atomic E-state index is 12.9. The number of likely N-dealkylation sites (tertiary alicyclic amines) is 1. The molecule has 0 radical (unpaired) electrons. The van der Waals surface area contributed by atoms with Crippen molar-refractivity contribution in [3.05, 3.63) is 39.9 Å². The first-order valence-electron chi connectivity index (χ1n) is 8.06. The molecule has 0 saturated carbocycles. The molecular formula is C18H24Cl3N3OS. The number of hydrogen-bond donors (Lipinski definition) is 1. The molecule has 1 aliphatic heterocycles. The summed E-state index contributed by atoms with van der Waals surface area (Å²) in [4.78, 5) is 20.2. The predicted octanol–water partition coefficient (Wildman–Crippen LogP) is 4.81. The van der Waals surface area contributed by atoms with Gasteiger partial charge < -0.3 is 10.6 Å². The van der Waals surface area contributed by atoms with E-state index in [2.05, 4.69) is 18.8 Å². The molecule has 144 valence electrons. The second kappa shape index (κ2) is 8.89. The molecular weight excluding hydrogens is 413 g/mol. The van der Waals surface area contributed by atoms with Gasteiger partial charge in [0.2, 0.25) is 0 Å². The third-order valence-electron chi connectivity index (χ3n) is 4.68. The molecule has 26 heavy (non-hydrogen) atoms. The van der Waals surface area contributed by atoms with Crippen LogP contribution in [0.25, 0.3) is 10.6 Å². The normalized spacial score (nSPS) is 18.7. The lowest BCUT2D eigenvalue weighted by atomic mass is 9.79. The quantitative estimate of drug-likeness (QED) is 0.734. The van der Waals surface area contributed by atoms with Crippen LogP contribution in [0.1, 0.15) is 35.6 Å². The van der Waals surface area contributed by atoms with Gasteiger partial charge in [-0.05, 0) is 30.9 Å². The molecule has 0 aliphatic carbocycles. The maximum Gasteiger partial charge on any atom is 0.265 e. The van der Waals surface area contributed by atoms with E-state index in [9.17, 15) is 4.79 Å². The Kier molecular flexibility index (Phi) is 7.93. The van der Waals surface area contributed by atoms with Crippen molar-refractivity contribution in [2.75, 3.05) is 13.1 Å². The Hall–Kier alpha value is -0.850. The van der Waals surface area contributed by atoms with Crippen molar-refractivity contribution in [2.24, 2.45) is 11.1 Å². The Balaban J connectivity index is 0.00000169. The van der Waals surface area contributed by atoms with Crippen molar-refractivity contribution in [3.63, 3.8) is 0 Å². The van der Waals surface area contributed by atoms with Crippen LogP contribution in [-0.2, 0) is 0 Å². The molecule has 1 aliphatic rings. The van der Waals surface area contributed by atoms with Crippen LogP contribution in [-0.4, -0.2) is 34.9 Å². The number of piperidine rings is 1. The Labute approximate surface area is 175 Å². The molecule has 4 nitrogen and oxygen atoms in total. The first-order valence-corrected chi connectivity index (χ1v) is 9.25. The Bertz CT molecular complexity index is 762. The summed E-state index contributed by atoms with van der Waals surface area (Å²) in [5, 5.41) is 1.54. The van der Waals surface area contributed by atoms with Crippen LogP contribution in [0.15, 0.2) is 24.3 Å². The maximum absolute atomic E-state index is 12.9. The van der Waals surface area contributed by atoms with Gasteiger partial charge in [-0.3, -0.25) is 4.79 Å². The molecule has 0 bridgehead atoms. The van der Waals surface area contributed by atoms with E-state index in [4.69, 9.17) is 17.3 Å². The molecule has 2 heterocycles. The number of nitrogens with zero attached hydrogens (tertiary/aromatic N) is 2. The zero-order chi connectivity index (χ0) is 17.5. The van der Waals surface area contributed by atoms with Crippen molar-refractivity contribution in [1.29, 1.82) is 0 Å². The second-order valence-electron chi connectivity index (χ2n) is 7.05. The van der Waals surface area contributed by atoms with Gasteiger partial charge in [-0.2, -0.15) is 0 Å². The average Bonchev–Trinajstić information content (AvgIpc) is 2.92. The Morgan fingerprint density at radius 3 is 2.50 bits per heavy atom. The van der Waals surface area contributed by atoms with E-state index in [-0.39, 0.29) is 42.2 Å². The van der Waals surface area contributed by atoms with Crippen molar-refractivity contribution >= 4 is 53.7 Å². The number of amides is 1. The summed E-state index contributed by atoms with van der Waals surface area (Å²) >= 11 is 7.38. The SMILES string of the molecule is Cc1nc(-c2ccc(Cl)cc2)sc1C(=O)N1CCC(N)C(C)(C)C1.Cl.Cl. The fourth-order valence-corrected chi connectivity index (χ4v) is 4.17. The van der Waals surface area contributed by atoms with Crippen LogP contribution in [0.5, 0.6) is 0 Å². The number of rotatable bonds is 2. The molecule has 1 amide bonds. The van der Waals surface area contributed by atoms with Gasteiger partial charge in [0.05, 0.1) is 5.69 Å². The van der Waals surface area contributed by atoms with E-state index in [1.807, 2.05) is 36.1 Å². The van der Waals surface area contributed by atoms with Gasteiger partial charge in [-0.25, -0.2) is 4.98 Å². The highest BCUT2D eigenvalue weighted by Crippen LogP contribution is 2.32.